The van der Waals surface area contributed by atoms with Crippen molar-refractivity contribution in [1.29, 1.82) is 0 Å². The van der Waals surface area contributed by atoms with Crippen LogP contribution in [-0.4, -0.2) is 73.6 Å². The lowest BCUT2D eigenvalue weighted by Gasteiger charge is -2.36. The van der Waals surface area contributed by atoms with Crippen LogP contribution in [0.2, 0.25) is 0 Å². The zero-order valence-corrected chi connectivity index (χ0v) is 20.5. The number of hydrogen-bond acceptors (Lipinski definition) is 8. The second-order valence-electron chi connectivity index (χ2n) is 8.91. The van der Waals surface area contributed by atoms with Crippen LogP contribution >= 0.6 is 0 Å². The topological polar surface area (TPSA) is 75.1 Å². The average Bonchev–Trinajstić information content (AvgIpc) is 3.36. The third-order valence-corrected chi connectivity index (χ3v) is 6.27. The van der Waals surface area contributed by atoms with E-state index in [-0.39, 0.29) is 11.8 Å². The molecule has 2 aromatic rings. The Bertz CT molecular complexity index is 1100. The van der Waals surface area contributed by atoms with Crippen molar-refractivity contribution in [2.75, 3.05) is 49.6 Å². The summed E-state index contributed by atoms with van der Waals surface area (Å²) in [4.78, 5) is 18.0. The van der Waals surface area contributed by atoms with E-state index >= 15 is 0 Å². The van der Waals surface area contributed by atoms with Gasteiger partial charge in [-0.1, -0.05) is 6.07 Å². The lowest BCUT2D eigenvalue weighted by Crippen LogP contribution is -2.46. The van der Waals surface area contributed by atoms with Gasteiger partial charge < -0.3 is 19.7 Å². The van der Waals surface area contributed by atoms with Gasteiger partial charge in [-0.05, 0) is 39.1 Å². The maximum atomic E-state index is 14.4. The maximum absolute atomic E-state index is 14.4. The van der Waals surface area contributed by atoms with Gasteiger partial charge in [0.25, 0.3) is 0 Å². The fraction of sp³-hybridized carbons (Fsp3) is 0.480. The maximum Gasteiger partial charge on any atom is 0.387 e. The molecule has 11 heteroatoms. The van der Waals surface area contributed by atoms with Gasteiger partial charge in [-0.15, -0.1) is 0 Å². The minimum absolute atomic E-state index is 0.164. The Kier molecular flexibility index (Phi) is 8.42. The second-order valence-corrected chi connectivity index (χ2v) is 8.91. The molecule has 0 saturated carbocycles. The first kappa shape index (κ1) is 25.9. The first-order valence-electron chi connectivity index (χ1n) is 11.9. The van der Waals surface area contributed by atoms with Crippen LogP contribution in [0, 0.1) is 12.7 Å². The summed E-state index contributed by atoms with van der Waals surface area (Å²) in [5, 5.41) is 3.50. The zero-order chi connectivity index (χ0) is 25.7. The predicted octanol–water partition coefficient (Wildman–Crippen LogP) is 4.11. The van der Waals surface area contributed by atoms with Crippen LogP contribution in [0.5, 0.6) is 5.75 Å². The first-order valence-corrected chi connectivity index (χ1v) is 11.9. The smallest absolute Gasteiger partial charge is 0.387 e. The van der Waals surface area contributed by atoms with Crippen LogP contribution in [0.15, 0.2) is 28.9 Å². The number of allylic oxidation sites excluding steroid dienone is 1. The van der Waals surface area contributed by atoms with Crippen molar-refractivity contribution >= 4 is 24.4 Å². The summed E-state index contributed by atoms with van der Waals surface area (Å²) >= 11 is 0. The quantitative estimate of drug-likeness (QED) is 0.515. The van der Waals surface area contributed by atoms with Crippen molar-refractivity contribution in [2.45, 2.75) is 39.5 Å². The summed E-state index contributed by atoms with van der Waals surface area (Å²) in [6.07, 6.45) is 2.76. The Morgan fingerprint density at radius 3 is 2.72 bits per heavy atom. The predicted molar refractivity (Wildman–Crippen MR) is 133 cm³/mol. The van der Waals surface area contributed by atoms with E-state index < -0.39 is 12.4 Å². The van der Waals surface area contributed by atoms with Gasteiger partial charge in [-0.3, -0.25) is 9.89 Å². The van der Waals surface area contributed by atoms with Crippen LogP contribution in [0.1, 0.15) is 30.3 Å². The van der Waals surface area contributed by atoms with Gasteiger partial charge in [0.1, 0.15) is 11.6 Å². The molecule has 1 N–H and O–H groups in total. The molecule has 194 valence electrons. The molecule has 0 spiro atoms. The van der Waals surface area contributed by atoms with Crippen molar-refractivity contribution in [1.82, 2.24) is 14.9 Å². The van der Waals surface area contributed by atoms with Gasteiger partial charge in [-0.2, -0.15) is 8.78 Å². The van der Waals surface area contributed by atoms with Gasteiger partial charge in [0, 0.05) is 56.7 Å². The normalized spacial score (nSPS) is 19.1. The second kappa shape index (κ2) is 11.7. The number of ether oxygens (including phenoxy) is 2. The van der Waals surface area contributed by atoms with Crippen LogP contribution in [0.3, 0.4) is 0 Å². The van der Waals surface area contributed by atoms with E-state index in [0.29, 0.717) is 57.3 Å². The number of halogens is 3. The summed E-state index contributed by atoms with van der Waals surface area (Å²) < 4.78 is 49.0. The lowest BCUT2D eigenvalue weighted by molar-refractivity contribution is -0.0500. The van der Waals surface area contributed by atoms with E-state index in [1.54, 1.807) is 0 Å². The highest BCUT2D eigenvalue weighted by atomic mass is 19.3. The Hall–Kier alpha value is -3.18. The number of rotatable bonds is 9. The Morgan fingerprint density at radius 1 is 1.31 bits per heavy atom. The number of aliphatic imine (C=N–C) groups is 1. The molecule has 3 heterocycles. The molecule has 8 nitrogen and oxygen atoms in total. The molecule has 4 rings (SSSR count). The van der Waals surface area contributed by atoms with Crippen LogP contribution in [-0.2, 0) is 11.3 Å². The van der Waals surface area contributed by atoms with E-state index in [1.807, 2.05) is 19.9 Å². The van der Waals surface area contributed by atoms with Crippen LogP contribution < -0.4 is 15.0 Å². The van der Waals surface area contributed by atoms with Crippen molar-refractivity contribution in [3.05, 3.63) is 46.7 Å². The minimum atomic E-state index is -2.98. The molecule has 0 aliphatic carbocycles. The number of alkyl halides is 2. The van der Waals surface area contributed by atoms with Gasteiger partial charge in [0.05, 0.1) is 24.0 Å². The molecule has 0 radical (unpaired) electrons. The van der Waals surface area contributed by atoms with Crippen LogP contribution in [0.4, 0.5) is 24.8 Å². The molecule has 1 aromatic heterocycles. The van der Waals surface area contributed by atoms with Crippen molar-refractivity contribution in [2.24, 2.45) is 4.99 Å². The van der Waals surface area contributed by atoms with Gasteiger partial charge in [-0.25, -0.2) is 14.4 Å². The monoisotopic (exact) mass is 504 g/mol. The standard InChI is InChI=1S/C25H31F3N6O2/c1-16(29-3)12-22-17(2)30-24(23(32-22)31-19-6-11-35-15-19)34-9-7-33(8-10-34)14-18-4-5-20(13-21(18)26)36-25(27)28/h4-5,12-13,19,25H,3,6-11,14-15H2,1-2H3,(H,31,32)/b16-12-/t19-/m1/s1. The van der Waals surface area contributed by atoms with E-state index in [2.05, 4.69) is 31.6 Å². The van der Waals surface area contributed by atoms with E-state index in [9.17, 15) is 13.2 Å². The molecule has 2 aliphatic heterocycles. The van der Waals surface area contributed by atoms with E-state index in [1.165, 1.54) is 12.1 Å². The van der Waals surface area contributed by atoms with Gasteiger partial charge in [0.2, 0.25) is 0 Å². The number of benzene rings is 1. The van der Waals surface area contributed by atoms with Gasteiger partial charge >= 0.3 is 6.61 Å². The van der Waals surface area contributed by atoms with Crippen LogP contribution in [0.25, 0.3) is 6.08 Å². The number of anilines is 2. The highest BCUT2D eigenvalue weighted by molar-refractivity contribution is 5.66. The Morgan fingerprint density at radius 2 is 2.08 bits per heavy atom. The number of nitrogens with one attached hydrogen (secondary N) is 1. The zero-order valence-electron chi connectivity index (χ0n) is 20.5. The molecule has 0 bridgehead atoms. The number of nitrogens with zero attached hydrogens (tertiary/aromatic N) is 5. The lowest BCUT2D eigenvalue weighted by atomic mass is 10.1. The molecule has 36 heavy (non-hydrogen) atoms. The Labute approximate surface area is 208 Å². The molecule has 2 aliphatic rings. The third-order valence-electron chi connectivity index (χ3n) is 6.27. The molecule has 1 aromatic carbocycles. The third kappa shape index (κ3) is 6.52. The SMILES string of the molecule is C=N/C(C)=C\c1nc(N[C@@H]2CCOC2)c(N2CCN(Cc3ccc(OC(F)F)cc3F)CC2)nc1C. The number of aryl methyl sites for hydroxylation is 1. The van der Waals surface area contributed by atoms with Crippen molar-refractivity contribution < 1.29 is 22.6 Å². The van der Waals surface area contributed by atoms with Gasteiger partial charge in [0.15, 0.2) is 11.6 Å². The molecular formula is C25H31F3N6O2. The summed E-state index contributed by atoms with van der Waals surface area (Å²) in [6, 6.07) is 4.02. The number of aromatic nitrogens is 2. The summed E-state index contributed by atoms with van der Waals surface area (Å²) in [6.45, 7) is 8.80. The highest BCUT2D eigenvalue weighted by Crippen LogP contribution is 2.28. The number of hydrogen-bond donors (Lipinski definition) is 1. The largest absolute Gasteiger partial charge is 0.435 e. The summed E-state index contributed by atoms with van der Waals surface area (Å²) in [7, 11) is 0. The van der Waals surface area contributed by atoms with E-state index in [4.69, 9.17) is 14.7 Å². The molecule has 2 fully saturated rings. The fourth-order valence-corrected chi connectivity index (χ4v) is 4.25. The highest BCUT2D eigenvalue weighted by Gasteiger charge is 2.25. The van der Waals surface area contributed by atoms with Crippen molar-refractivity contribution in [3.63, 3.8) is 0 Å². The number of piperazine rings is 1. The molecule has 2 saturated heterocycles. The molecule has 0 unspecified atom stereocenters. The minimum Gasteiger partial charge on any atom is -0.435 e. The molecule has 1 atom stereocenters. The molecular weight excluding hydrogens is 473 g/mol. The van der Waals surface area contributed by atoms with Crippen molar-refractivity contribution in [3.8, 4) is 5.75 Å². The Balaban J connectivity index is 1.46. The van der Waals surface area contributed by atoms with E-state index in [0.717, 1.165) is 35.4 Å². The average molecular weight is 505 g/mol. The molecule has 0 amide bonds. The first-order chi connectivity index (χ1) is 17.3. The summed E-state index contributed by atoms with van der Waals surface area (Å²) in [5.41, 5.74) is 2.71. The summed E-state index contributed by atoms with van der Waals surface area (Å²) in [5.74, 6) is 0.735. The fourth-order valence-electron chi connectivity index (χ4n) is 4.25.